The quantitative estimate of drug-likeness (QED) is 0.770. The standard InChI is InChI=1S/C16H24N2O3/c1-4-5-6-14(16(20)21)17-15(19)13-9-7-12(8-10-13)11-18(2)3/h7-10,14H,4-6,11H2,1-3H3,(H,17,19)(H,20,21). The highest BCUT2D eigenvalue weighted by Gasteiger charge is 2.19. The largest absolute Gasteiger partial charge is 0.480 e. The van der Waals surface area contributed by atoms with Crippen LogP contribution in [0.2, 0.25) is 0 Å². The molecule has 1 atom stereocenters. The Morgan fingerprint density at radius 3 is 2.33 bits per heavy atom. The smallest absolute Gasteiger partial charge is 0.326 e. The minimum atomic E-state index is -0.985. The van der Waals surface area contributed by atoms with Gasteiger partial charge in [-0.05, 0) is 38.2 Å². The Bertz CT molecular complexity index is 469. The molecule has 0 saturated heterocycles. The molecule has 0 bridgehead atoms. The molecular formula is C16H24N2O3. The Balaban J connectivity index is 2.67. The number of carbonyl (C=O) groups excluding carboxylic acids is 1. The number of hydrogen-bond donors (Lipinski definition) is 2. The van der Waals surface area contributed by atoms with E-state index in [0.717, 1.165) is 24.9 Å². The summed E-state index contributed by atoms with van der Waals surface area (Å²) < 4.78 is 0. The van der Waals surface area contributed by atoms with Crippen molar-refractivity contribution in [3.05, 3.63) is 35.4 Å². The fourth-order valence-corrected chi connectivity index (χ4v) is 2.03. The molecule has 1 aromatic carbocycles. The van der Waals surface area contributed by atoms with Gasteiger partial charge in [0.05, 0.1) is 0 Å². The molecule has 1 unspecified atom stereocenters. The van der Waals surface area contributed by atoms with Crippen LogP contribution in [-0.4, -0.2) is 42.0 Å². The van der Waals surface area contributed by atoms with Crippen LogP contribution in [0.4, 0.5) is 0 Å². The predicted molar refractivity (Wildman–Crippen MR) is 82.2 cm³/mol. The third-order valence-electron chi connectivity index (χ3n) is 3.16. The highest BCUT2D eigenvalue weighted by Crippen LogP contribution is 2.08. The van der Waals surface area contributed by atoms with Gasteiger partial charge in [-0.15, -0.1) is 0 Å². The normalized spacial score (nSPS) is 12.2. The zero-order valence-electron chi connectivity index (χ0n) is 12.9. The first-order valence-corrected chi connectivity index (χ1v) is 7.21. The molecule has 0 aliphatic carbocycles. The molecule has 21 heavy (non-hydrogen) atoms. The van der Waals surface area contributed by atoms with Crippen molar-refractivity contribution in [3.63, 3.8) is 0 Å². The first-order valence-electron chi connectivity index (χ1n) is 7.21. The lowest BCUT2D eigenvalue weighted by Crippen LogP contribution is -2.40. The maximum absolute atomic E-state index is 12.1. The van der Waals surface area contributed by atoms with E-state index in [-0.39, 0.29) is 5.91 Å². The van der Waals surface area contributed by atoms with Crippen molar-refractivity contribution in [3.8, 4) is 0 Å². The topological polar surface area (TPSA) is 69.6 Å². The zero-order valence-corrected chi connectivity index (χ0v) is 12.9. The van der Waals surface area contributed by atoms with Gasteiger partial charge in [-0.3, -0.25) is 4.79 Å². The lowest BCUT2D eigenvalue weighted by molar-refractivity contribution is -0.139. The van der Waals surface area contributed by atoms with Crippen LogP contribution < -0.4 is 5.32 Å². The van der Waals surface area contributed by atoms with Crippen molar-refractivity contribution < 1.29 is 14.7 Å². The Hall–Kier alpha value is -1.88. The van der Waals surface area contributed by atoms with Gasteiger partial charge in [0.15, 0.2) is 0 Å². The summed E-state index contributed by atoms with van der Waals surface area (Å²) in [6.07, 6.45) is 2.13. The second-order valence-corrected chi connectivity index (χ2v) is 5.44. The monoisotopic (exact) mass is 292 g/mol. The fourth-order valence-electron chi connectivity index (χ4n) is 2.03. The van der Waals surface area contributed by atoms with Crippen LogP contribution in [0.15, 0.2) is 24.3 Å². The summed E-state index contributed by atoms with van der Waals surface area (Å²) in [5.41, 5.74) is 1.59. The Kier molecular flexibility index (Phi) is 6.88. The summed E-state index contributed by atoms with van der Waals surface area (Å²) in [7, 11) is 3.96. The maximum Gasteiger partial charge on any atom is 0.326 e. The number of carboxylic acid groups (broad SMARTS) is 1. The average molecular weight is 292 g/mol. The van der Waals surface area contributed by atoms with Crippen molar-refractivity contribution >= 4 is 11.9 Å². The van der Waals surface area contributed by atoms with Gasteiger partial charge in [0, 0.05) is 12.1 Å². The van der Waals surface area contributed by atoms with E-state index in [4.69, 9.17) is 5.11 Å². The summed E-state index contributed by atoms with van der Waals surface area (Å²) in [6.45, 7) is 2.79. The van der Waals surface area contributed by atoms with Gasteiger partial charge in [0.1, 0.15) is 6.04 Å². The van der Waals surface area contributed by atoms with Crippen LogP contribution in [0.3, 0.4) is 0 Å². The van der Waals surface area contributed by atoms with Crippen molar-refractivity contribution in [1.82, 2.24) is 10.2 Å². The van der Waals surface area contributed by atoms with Gasteiger partial charge < -0.3 is 15.3 Å². The number of nitrogens with one attached hydrogen (secondary N) is 1. The van der Waals surface area contributed by atoms with Crippen LogP contribution in [0.5, 0.6) is 0 Å². The van der Waals surface area contributed by atoms with Gasteiger partial charge in [0.2, 0.25) is 0 Å². The van der Waals surface area contributed by atoms with Gasteiger partial charge in [-0.2, -0.15) is 0 Å². The summed E-state index contributed by atoms with van der Waals surface area (Å²) in [6, 6.07) is 6.41. The van der Waals surface area contributed by atoms with Crippen molar-refractivity contribution in [1.29, 1.82) is 0 Å². The van der Waals surface area contributed by atoms with Gasteiger partial charge in [-0.25, -0.2) is 4.79 Å². The first-order chi connectivity index (χ1) is 9.93. The Labute approximate surface area is 126 Å². The van der Waals surface area contributed by atoms with Gasteiger partial charge in [0.25, 0.3) is 5.91 Å². The van der Waals surface area contributed by atoms with Crippen LogP contribution in [-0.2, 0) is 11.3 Å². The molecule has 1 amide bonds. The summed E-state index contributed by atoms with van der Waals surface area (Å²) in [5, 5.41) is 11.7. The van der Waals surface area contributed by atoms with Crippen molar-refractivity contribution in [2.45, 2.75) is 38.8 Å². The molecule has 0 aromatic heterocycles. The molecule has 0 radical (unpaired) electrons. The third-order valence-corrected chi connectivity index (χ3v) is 3.16. The van der Waals surface area contributed by atoms with Crippen LogP contribution >= 0.6 is 0 Å². The van der Waals surface area contributed by atoms with Crippen LogP contribution in [0.1, 0.15) is 42.1 Å². The van der Waals surface area contributed by atoms with E-state index in [1.807, 2.05) is 38.1 Å². The number of amides is 1. The minimum absolute atomic E-state index is 0.338. The van der Waals surface area contributed by atoms with Crippen molar-refractivity contribution in [2.24, 2.45) is 0 Å². The number of unbranched alkanes of at least 4 members (excludes halogenated alkanes) is 1. The molecule has 0 heterocycles. The Morgan fingerprint density at radius 1 is 1.24 bits per heavy atom. The number of nitrogens with zero attached hydrogens (tertiary/aromatic N) is 1. The van der Waals surface area contributed by atoms with E-state index in [1.165, 1.54) is 0 Å². The number of rotatable bonds is 8. The van der Waals surface area contributed by atoms with Crippen LogP contribution in [0, 0.1) is 0 Å². The molecule has 0 aliphatic rings. The highest BCUT2D eigenvalue weighted by atomic mass is 16.4. The van der Waals surface area contributed by atoms with E-state index < -0.39 is 12.0 Å². The average Bonchev–Trinajstić information content (AvgIpc) is 2.43. The van der Waals surface area contributed by atoms with E-state index in [0.29, 0.717) is 12.0 Å². The molecule has 2 N–H and O–H groups in total. The third kappa shape index (κ3) is 5.95. The summed E-state index contributed by atoms with van der Waals surface area (Å²) in [5.74, 6) is -1.32. The van der Waals surface area contributed by atoms with E-state index in [2.05, 4.69) is 5.32 Å². The van der Waals surface area contributed by atoms with Gasteiger partial charge >= 0.3 is 5.97 Å². The molecule has 0 spiro atoms. The SMILES string of the molecule is CCCCC(NC(=O)c1ccc(CN(C)C)cc1)C(=O)O. The molecule has 0 fully saturated rings. The number of carbonyl (C=O) groups is 2. The summed E-state index contributed by atoms with van der Waals surface area (Å²) >= 11 is 0. The molecule has 116 valence electrons. The van der Waals surface area contributed by atoms with E-state index in [1.54, 1.807) is 12.1 Å². The lowest BCUT2D eigenvalue weighted by Gasteiger charge is -2.14. The molecule has 1 rings (SSSR count). The Morgan fingerprint density at radius 2 is 1.86 bits per heavy atom. The summed E-state index contributed by atoms with van der Waals surface area (Å²) in [4.78, 5) is 25.2. The molecule has 1 aromatic rings. The second-order valence-electron chi connectivity index (χ2n) is 5.44. The minimum Gasteiger partial charge on any atom is -0.480 e. The number of benzene rings is 1. The first kappa shape index (κ1) is 17.2. The molecule has 5 nitrogen and oxygen atoms in total. The second kappa shape index (κ2) is 8.42. The number of carboxylic acids is 1. The highest BCUT2D eigenvalue weighted by molar-refractivity contribution is 5.96. The molecule has 5 heteroatoms. The van der Waals surface area contributed by atoms with Crippen LogP contribution in [0.25, 0.3) is 0 Å². The number of hydrogen-bond acceptors (Lipinski definition) is 3. The fraction of sp³-hybridized carbons (Fsp3) is 0.500. The van der Waals surface area contributed by atoms with Crippen molar-refractivity contribution in [2.75, 3.05) is 14.1 Å². The molecule has 0 aliphatic heterocycles. The molecular weight excluding hydrogens is 268 g/mol. The predicted octanol–water partition coefficient (Wildman–Crippen LogP) is 2.12. The maximum atomic E-state index is 12.1. The lowest BCUT2D eigenvalue weighted by atomic mass is 10.1. The number of aliphatic carboxylic acids is 1. The van der Waals surface area contributed by atoms with Gasteiger partial charge in [-0.1, -0.05) is 31.9 Å². The molecule has 0 saturated carbocycles. The van der Waals surface area contributed by atoms with E-state index >= 15 is 0 Å². The zero-order chi connectivity index (χ0) is 15.8. The van der Waals surface area contributed by atoms with E-state index in [9.17, 15) is 9.59 Å².